The van der Waals surface area contributed by atoms with Crippen LogP contribution in [0.25, 0.3) is 0 Å². The molecule has 0 fully saturated rings. The molecule has 4 nitrogen and oxygen atoms in total. The van der Waals surface area contributed by atoms with E-state index < -0.39 is 0 Å². The van der Waals surface area contributed by atoms with Crippen molar-refractivity contribution >= 4 is 5.91 Å². The van der Waals surface area contributed by atoms with Crippen LogP contribution >= 0.6 is 0 Å². The molecule has 0 aliphatic rings. The first-order valence-electron chi connectivity index (χ1n) is 5.03. The van der Waals surface area contributed by atoms with E-state index in [-0.39, 0.29) is 5.91 Å². The van der Waals surface area contributed by atoms with Crippen LogP contribution in [-0.2, 0) is 9.53 Å². The van der Waals surface area contributed by atoms with Gasteiger partial charge in [0.25, 0.3) is 0 Å². The van der Waals surface area contributed by atoms with Crippen LogP contribution in [0.3, 0.4) is 0 Å². The van der Waals surface area contributed by atoms with Crippen molar-refractivity contribution in [2.45, 2.75) is 40.0 Å². The number of carbonyl (C=O) groups excluding carboxylic acids is 1. The van der Waals surface area contributed by atoms with Crippen LogP contribution in [0.5, 0.6) is 0 Å². The Bertz CT molecular complexity index is 164. The molecular weight excluding hydrogens is 180 g/mol. The monoisotopic (exact) mass is 202 g/mol. The fraction of sp³-hybridized carbons (Fsp3) is 0.900. The SMILES string of the molecule is CC(C)(C)CCOCCCC(=O)NN. The first-order valence-corrected chi connectivity index (χ1v) is 5.03. The van der Waals surface area contributed by atoms with Crippen molar-refractivity contribution in [1.82, 2.24) is 5.43 Å². The maximum atomic E-state index is 10.7. The Balaban J connectivity index is 3.18. The van der Waals surface area contributed by atoms with E-state index >= 15 is 0 Å². The number of rotatable bonds is 6. The number of hydrazine groups is 1. The molecule has 0 atom stereocenters. The van der Waals surface area contributed by atoms with Crippen molar-refractivity contribution in [3.63, 3.8) is 0 Å². The second-order valence-electron chi connectivity index (χ2n) is 4.59. The number of amides is 1. The molecule has 0 bridgehead atoms. The van der Waals surface area contributed by atoms with Gasteiger partial charge in [-0.05, 0) is 18.3 Å². The number of carbonyl (C=O) groups is 1. The lowest BCUT2D eigenvalue weighted by Gasteiger charge is -2.17. The van der Waals surface area contributed by atoms with Crippen LogP contribution in [0, 0.1) is 5.41 Å². The van der Waals surface area contributed by atoms with Crippen molar-refractivity contribution in [2.24, 2.45) is 11.3 Å². The average Bonchev–Trinajstić information content (AvgIpc) is 2.08. The highest BCUT2D eigenvalue weighted by atomic mass is 16.5. The van der Waals surface area contributed by atoms with Crippen molar-refractivity contribution in [1.29, 1.82) is 0 Å². The summed E-state index contributed by atoms with van der Waals surface area (Å²) in [6.45, 7) is 7.92. The van der Waals surface area contributed by atoms with Gasteiger partial charge in [-0.25, -0.2) is 5.84 Å². The summed E-state index contributed by atoms with van der Waals surface area (Å²) in [6, 6.07) is 0. The lowest BCUT2D eigenvalue weighted by Crippen LogP contribution is -2.29. The molecule has 0 aromatic heterocycles. The van der Waals surface area contributed by atoms with E-state index in [9.17, 15) is 4.79 Å². The summed E-state index contributed by atoms with van der Waals surface area (Å²) >= 11 is 0. The van der Waals surface area contributed by atoms with Crippen molar-refractivity contribution in [3.8, 4) is 0 Å². The second kappa shape index (κ2) is 6.79. The standard InChI is InChI=1S/C10H22N2O2/c1-10(2,3)6-8-14-7-4-5-9(13)12-11/h4-8,11H2,1-3H3,(H,12,13). The molecule has 0 unspecified atom stereocenters. The zero-order chi connectivity index (χ0) is 11.0. The van der Waals surface area contributed by atoms with Gasteiger partial charge in [-0.2, -0.15) is 0 Å². The molecule has 84 valence electrons. The molecule has 0 saturated heterocycles. The highest BCUT2D eigenvalue weighted by Crippen LogP contribution is 2.17. The predicted octanol–water partition coefficient (Wildman–Crippen LogP) is 1.21. The van der Waals surface area contributed by atoms with E-state index in [1.807, 2.05) is 0 Å². The van der Waals surface area contributed by atoms with Gasteiger partial charge in [-0.15, -0.1) is 0 Å². The number of ether oxygens (including phenoxy) is 1. The zero-order valence-electron chi connectivity index (χ0n) is 9.43. The van der Waals surface area contributed by atoms with Gasteiger partial charge in [0, 0.05) is 19.6 Å². The van der Waals surface area contributed by atoms with Crippen LogP contribution in [0.15, 0.2) is 0 Å². The summed E-state index contributed by atoms with van der Waals surface area (Å²) in [5, 5.41) is 0. The van der Waals surface area contributed by atoms with Gasteiger partial charge in [0.2, 0.25) is 5.91 Å². The van der Waals surface area contributed by atoms with Crippen molar-refractivity contribution in [2.75, 3.05) is 13.2 Å². The Kier molecular flexibility index (Phi) is 6.49. The maximum absolute atomic E-state index is 10.7. The third-order valence-corrected chi connectivity index (χ3v) is 1.85. The maximum Gasteiger partial charge on any atom is 0.233 e. The third kappa shape index (κ3) is 9.48. The van der Waals surface area contributed by atoms with Gasteiger partial charge in [0.15, 0.2) is 0 Å². The molecule has 0 aliphatic carbocycles. The van der Waals surface area contributed by atoms with Crippen LogP contribution in [0.1, 0.15) is 40.0 Å². The summed E-state index contributed by atoms with van der Waals surface area (Å²) < 4.78 is 5.38. The molecule has 1 amide bonds. The molecule has 0 heterocycles. The highest BCUT2D eigenvalue weighted by molar-refractivity contribution is 5.75. The number of nitrogens with one attached hydrogen (secondary N) is 1. The minimum absolute atomic E-state index is 0.135. The van der Waals surface area contributed by atoms with Crippen molar-refractivity contribution < 1.29 is 9.53 Å². The van der Waals surface area contributed by atoms with Crippen LogP contribution in [0.2, 0.25) is 0 Å². The number of hydrogen-bond donors (Lipinski definition) is 2. The normalized spacial score (nSPS) is 11.4. The van der Waals surface area contributed by atoms with Gasteiger partial charge in [0.05, 0.1) is 0 Å². The molecule has 14 heavy (non-hydrogen) atoms. The second-order valence-corrected chi connectivity index (χ2v) is 4.59. The van der Waals surface area contributed by atoms with Gasteiger partial charge in [0.1, 0.15) is 0 Å². The summed E-state index contributed by atoms with van der Waals surface area (Å²) in [4.78, 5) is 10.7. The highest BCUT2D eigenvalue weighted by Gasteiger charge is 2.09. The smallest absolute Gasteiger partial charge is 0.233 e. The summed E-state index contributed by atoms with van der Waals surface area (Å²) in [7, 11) is 0. The Morgan fingerprint density at radius 2 is 2.00 bits per heavy atom. The van der Waals surface area contributed by atoms with Gasteiger partial charge < -0.3 is 4.74 Å². The molecule has 0 aliphatic heterocycles. The van der Waals surface area contributed by atoms with Gasteiger partial charge in [-0.1, -0.05) is 20.8 Å². The van der Waals surface area contributed by atoms with Crippen molar-refractivity contribution in [3.05, 3.63) is 0 Å². The predicted molar refractivity (Wildman–Crippen MR) is 56.5 cm³/mol. The minimum Gasteiger partial charge on any atom is -0.381 e. The largest absolute Gasteiger partial charge is 0.381 e. The van der Waals surface area contributed by atoms with E-state index in [0.29, 0.717) is 18.4 Å². The molecule has 0 spiro atoms. The molecule has 4 heteroatoms. The number of nitrogens with two attached hydrogens (primary N) is 1. The van der Waals surface area contributed by atoms with Gasteiger partial charge in [-0.3, -0.25) is 10.2 Å². The van der Waals surface area contributed by atoms with E-state index in [2.05, 4.69) is 26.2 Å². The molecule has 3 N–H and O–H groups in total. The fourth-order valence-corrected chi connectivity index (χ4v) is 0.887. The molecule has 0 aromatic rings. The summed E-state index contributed by atoms with van der Waals surface area (Å²) in [6.07, 6.45) is 2.20. The third-order valence-electron chi connectivity index (χ3n) is 1.85. The Labute approximate surface area is 86.2 Å². The van der Waals surface area contributed by atoms with Crippen LogP contribution in [-0.4, -0.2) is 19.1 Å². The average molecular weight is 202 g/mol. The molecular formula is C10H22N2O2. The van der Waals surface area contributed by atoms with E-state index in [0.717, 1.165) is 19.4 Å². The lowest BCUT2D eigenvalue weighted by molar-refractivity contribution is -0.121. The topological polar surface area (TPSA) is 64.3 Å². The van der Waals surface area contributed by atoms with E-state index in [4.69, 9.17) is 10.6 Å². The Hall–Kier alpha value is -0.610. The van der Waals surface area contributed by atoms with E-state index in [1.54, 1.807) is 0 Å². The summed E-state index contributed by atoms with van der Waals surface area (Å²) in [5.74, 6) is 4.79. The fourth-order valence-electron chi connectivity index (χ4n) is 0.887. The minimum atomic E-state index is -0.135. The molecule has 0 rings (SSSR count). The Morgan fingerprint density at radius 3 is 2.50 bits per heavy atom. The number of hydrogen-bond acceptors (Lipinski definition) is 3. The molecule has 0 aromatic carbocycles. The van der Waals surface area contributed by atoms with Gasteiger partial charge >= 0.3 is 0 Å². The van der Waals surface area contributed by atoms with Crippen LogP contribution < -0.4 is 11.3 Å². The quantitative estimate of drug-likeness (QED) is 0.294. The Morgan fingerprint density at radius 1 is 1.36 bits per heavy atom. The van der Waals surface area contributed by atoms with Crippen LogP contribution in [0.4, 0.5) is 0 Å². The summed E-state index contributed by atoms with van der Waals surface area (Å²) in [5.41, 5.74) is 2.40. The first kappa shape index (κ1) is 13.4. The zero-order valence-corrected chi connectivity index (χ0v) is 9.43. The molecule has 0 saturated carbocycles. The van der Waals surface area contributed by atoms with E-state index in [1.165, 1.54) is 0 Å². The molecule has 0 radical (unpaired) electrons. The first-order chi connectivity index (χ1) is 6.45. The lowest BCUT2D eigenvalue weighted by atomic mass is 9.93.